The second-order valence-electron chi connectivity index (χ2n) is 5.83. The van der Waals surface area contributed by atoms with Gasteiger partial charge in [0.2, 0.25) is 11.8 Å². The standard InChI is InChI=1S/C16H19N3O2/c1-10(2)12-4-6-14(7-5-12)19-9-13(8-15(19)20)16-17-11(3)18-21-16/h4-7,10,13H,8-9H2,1-3H3/t13-/m0/s1. The number of rotatable bonds is 3. The van der Waals surface area contributed by atoms with E-state index < -0.39 is 0 Å². The number of carbonyl (C=O) groups excluding carboxylic acids is 1. The van der Waals surface area contributed by atoms with Crippen LogP contribution in [-0.2, 0) is 4.79 Å². The molecule has 110 valence electrons. The number of carbonyl (C=O) groups is 1. The van der Waals surface area contributed by atoms with Gasteiger partial charge in [0.1, 0.15) is 0 Å². The lowest BCUT2D eigenvalue weighted by Gasteiger charge is -2.17. The monoisotopic (exact) mass is 285 g/mol. The molecular weight excluding hydrogens is 266 g/mol. The molecule has 2 heterocycles. The van der Waals surface area contributed by atoms with Crippen LogP contribution in [0, 0.1) is 6.92 Å². The van der Waals surface area contributed by atoms with Crippen LogP contribution in [0.1, 0.15) is 49.4 Å². The second-order valence-corrected chi connectivity index (χ2v) is 5.83. The quantitative estimate of drug-likeness (QED) is 0.869. The fourth-order valence-electron chi connectivity index (χ4n) is 2.64. The van der Waals surface area contributed by atoms with Gasteiger partial charge in [-0.15, -0.1) is 0 Å². The molecule has 1 amide bonds. The Labute approximate surface area is 124 Å². The van der Waals surface area contributed by atoms with E-state index in [4.69, 9.17) is 4.52 Å². The molecule has 0 bridgehead atoms. The Morgan fingerprint density at radius 1 is 1.29 bits per heavy atom. The lowest BCUT2D eigenvalue weighted by molar-refractivity contribution is -0.117. The van der Waals surface area contributed by atoms with Crippen LogP contribution in [0.5, 0.6) is 0 Å². The lowest BCUT2D eigenvalue weighted by atomic mass is 10.0. The molecule has 0 N–H and O–H groups in total. The van der Waals surface area contributed by atoms with Crippen LogP contribution in [-0.4, -0.2) is 22.6 Å². The summed E-state index contributed by atoms with van der Waals surface area (Å²) in [4.78, 5) is 18.3. The first-order valence-electron chi connectivity index (χ1n) is 7.25. The number of amides is 1. The topological polar surface area (TPSA) is 59.2 Å². The molecule has 1 saturated heterocycles. The molecule has 0 unspecified atom stereocenters. The largest absolute Gasteiger partial charge is 0.339 e. The van der Waals surface area contributed by atoms with E-state index >= 15 is 0 Å². The van der Waals surface area contributed by atoms with Gasteiger partial charge in [0.05, 0.1) is 5.92 Å². The van der Waals surface area contributed by atoms with Gasteiger partial charge in [0, 0.05) is 18.7 Å². The molecule has 1 aliphatic rings. The minimum atomic E-state index is -0.0107. The van der Waals surface area contributed by atoms with E-state index in [0.29, 0.717) is 30.6 Å². The van der Waals surface area contributed by atoms with Crippen molar-refractivity contribution >= 4 is 11.6 Å². The molecule has 1 atom stereocenters. The fourth-order valence-corrected chi connectivity index (χ4v) is 2.64. The Morgan fingerprint density at radius 3 is 2.57 bits per heavy atom. The van der Waals surface area contributed by atoms with Crippen molar-refractivity contribution in [2.24, 2.45) is 0 Å². The molecule has 0 spiro atoms. The van der Waals surface area contributed by atoms with Crippen LogP contribution in [0.2, 0.25) is 0 Å². The van der Waals surface area contributed by atoms with E-state index in [-0.39, 0.29) is 11.8 Å². The Hall–Kier alpha value is -2.17. The predicted molar refractivity (Wildman–Crippen MR) is 79.3 cm³/mol. The summed E-state index contributed by atoms with van der Waals surface area (Å²) >= 11 is 0. The third kappa shape index (κ3) is 2.68. The van der Waals surface area contributed by atoms with Gasteiger partial charge in [-0.25, -0.2) is 0 Å². The maximum Gasteiger partial charge on any atom is 0.232 e. The van der Waals surface area contributed by atoms with Gasteiger partial charge in [-0.2, -0.15) is 4.98 Å². The first-order valence-corrected chi connectivity index (χ1v) is 7.25. The van der Waals surface area contributed by atoms with Crippen LogP contribution >= 0.6 is 0 Å². The highest BCUT2D eigenvalue weighted by Crippen LogP contribution is 2.31. The van der Waals surface area contributed by atoms with Crippen LogP contribution in [0.3, 0.4) is 0 Å². The molecule has 2 aromatic rings. The van der Waals surface area contributed by atoms with Gasteiger partial charge in [-0.3, -0.25) is 4.79 Å². The fraction of sp³-hybridized carbons (Fsp3) is 0.438. The Bertz CT molecular complexity index is 646. The maximum atomic E-state index is 12.2. The van der Waals surface area contributed by atoms with Gasteiger partial charge >= 0.3 is 0 Å². The van der Waals surface area contributed by atoms with Crippen molar-refractivity contribution in [1.29, 1.82) is 0 Å². The Kier molecular flexibility index (Phi) is 3.49. The number of hydrogen-bond acceptors (Lipinski definition) is 4. The Balaban J connectivity index is 1.78. The normalized spacial score (nSPS) is 18.8. The molecule has 1 aliphatic heterocycles. The van der Waals surface area contributed by atoms with Crippen molar-refractivity contribution in [1.82, 2.24) is 10.1 Å². The minimum Gasteiger partial charge on any atom is -0.339 e. The lowest BCUT2D eigenvalue weighted by Crippen LogP contribution is -2.24. The molecule has 5 heteroatoms. The van der Waals surface area contributed by atoms with E-state index in [1.807, 2.05) is 12.1 Å². The third-order valence-corrected chi connectivity index (χ3v) is 3.89. The first-order chi connectivity index (χ1) is 10.0. The summed E-state index contributed by atoms with van der Waals surface area (Å²) in [6.07, 6.45) is 0.424. The predicted octanol–water partition coefficient (Wildman–Crippen LogP) is 3.02. The van der Waals surface area contributed by atoms with Gasteiger partial charge in [-0.05, 0) is 30.5 Å². The number of aromatic nitrogens is 2. The van der Waals surface area contributed by atoms with E-state index in [0.717, 1.165) is 5.69 Å². The molecule has 1 aromatic carbocycles. The minimum absolute atomic E-state index is 0.0107. The number of benzene rings is 1. The molecule has 0 radical (unpaired) electrons. The molecular formula is C16H19N3O2. The second kappa shape index (κ2) is 5.31. The molecule has 5 nitrogen and oxygen atoms in total. The zero-order chi connectivity index (χ0) is 15.0. The molecule has 0 aliphatic carbocycles. The summed E-state index contributed by atoms with van der Waals surface area (Å²) in [6.45, 7) is 6.70. The number of aryl methyl sites for hydroxylation is 1. The highest BCUT2D eigenvalue weighted by Gasteiger charge is 2.34. The van der Waals surface area contributed by atoms with Gasteiger partial charge in [0.15, 0.2) is 5.82 Å². The van der Waals surface area contributed by atoms with Gasteiger partial charge < -0.3 is 9.42 Å². The van der Waals surface area contributed by atoms with E-state index in [2.05, 4.69) is 36.1 Å². The van der Waals surface area contributed by atoms with E-state index in [1.54, 1.807) is 11.8 Å². The SMILES string of the molecule is Cc1noc([C@H]2CC(=O)N(c3ccc(C(C)C)cc3)C2)n1. The Morgan fingerprint density at radius 2 is 2.00 bits per heavy atom. The highest BCUT2D eigenvalue weighted by atomic mass is 16.5. The average Bonchev–Trinajstić information content (AvgIpc) is 3.05. The number of nitrogens with zero attached hydrogens (tertiary/aromatic N) is 3. The summed E-state index contributed by atoms with van der Waals surface area (Å²) in [7, 11) is 0. The van der Waals surface area contributed by atoms with Crippen molar-refractivity contribution in [2.45, 2.75) is 39.0 Å². The van der Waals surface area contributed by atoms with Crippen LogP contribution in [0.25, 0.3) is 0 Å². The maximum absolute atomic E-state index is 12.2. The summed E-state index contributed by atoms with van der Waals surface area (Å²) in [5.41, 5.74) is 2.21. The smallest absolute Gasteiger partial charge is 0.232 e. The van der Waals surface area contributed by atoms with E-state index in [9.17, 15) is 4.79 Å². The summed E-state index contributed by atoms with van der Waals surface area (Å²) in [5, 5.41) is 3.80. The van der Waals surface area contributed by atoms with Crippen LogP contribution < -0.4 is 4.90 Å². The van der Waals surface area contributed by atoms with Crippen molar-refractivity contribution in [2.75, 3.05) is 11.4 Å². The van der Waals surface area contributed by atoms with Gasteiger partial charge in [-0.1, -0.05) is 31.1 Å². The zero-order valence-corrected chi connectivity index (χ0v) is 12.5. The molecule has 1 fully saturated rings. The summed E-state index contributed by atoms with van der Waals surface area (Å²) < 4.78 is 5.19. The first kappa shape index (κ1) is 13.8. The van der Waals surface area contributed by atoms with Crippen molar-refractivity contribution in [3.05, 3.63) is 41.5 Å². The van der Waals surface area contributed by atoms with E-state index in [1.165, 1.54) is 5.56 Å². The van der Waals surface area contributed by atoms with Crippen molar-refractivity contribution < 1.29 is 9.32 Å². The van der Waals surface area contributed by atoms with Gasteiger partial charge in [0.25, 0.3) is 0 Å². The number of anilines is 1. The molecule has 0 saturated carbocycles. The van der Waals surface area contributed by atoms with Crippen molar-refractivity contribution in [3.63, 3.8) is 0 Å². The van der Waals surface area contributed by atoms with Crippen LogP contribution in [0.15, 0.2) is 28.8 Å². The average molecular weight is 285 g/mol. The summed E-state index contributed by atoms with van der Waals surface area (Å²) in [6, 6.07) is 8.18. The van der Waals surface area contributed by atoms with Crippen molar-refractivity contribution in [3.8, 4) is 0 Å². The zero-order valence-electron chi connectivity index (χ0n) is 12.5. The third-order valence-electron chi connectivity index (χ3n) is 3.89. The number of hydrogen-bond donors (Lipinski definition) is 0. The highest BCUT2D eigenvalue weighted by molar-refractivity contribution is 5.96. The molecule has 1 aromatic heterocycles. The summed E-state index contributed by atoms with van der Waals surface area (Å²) in [5.74, 6) is 1.75. The molecule has 3 rings (SSSR count). The molecule has 21 heavy (non-hydrogen) atoms. The van der Waals surface area contributed by atoms with Crippen LogP contribution in [0.4, 0.5) is 5.69 Å².